The number of imide groups is 1. The summed E-state index contributed by atoms with van der Waals surface area (Å²) >= 11 is 0. The fourth-order valence-electron chi connectivity index (χ4n) is 0.467. The van der Waals surface area contributed by atoms with Crippen molar-refractivity contribution in [3.63, 3.8) is 0 Å². The molecule has 0 bridgehead atoms. The van der Waals surface area contributed by atoms with Crippen LogP contribution in [0.3, 0.4) is 0 Å². The van der Waals surface area contributed by atoms with Crippen LogP contribution in [0.4, 0.5) is 4.79 Å². The van der Waals surface area contributed by atoms with Gasteiger partial charge >= 0.3 is 6.03 Å². The van der Waals surface area contributed by atoms with E-state index in [0.29, 0.717) is 0 Å². The average molecular weight is 185 g/mol. The van der Waals surface area contributed by atoms with Crippen LogP contribution in [-0.4, -0.2) is 23.9 Å². The Morgan fingerprint density at radius 1 is 1.46 bits per heavy atom. The van der Waals surface area contributed by atoms with Crippen molar-refractivity contribution >= 4 is 17.8 Å². The molecule has 6 heteroatoms. The molecule has 0 unspecified atom stereocenters. The van der Waals surface area contributed by atoms with Gasteiger partial charge in [0.25, 0.3) is 5.91 Å². The number of urea groups is 1. The zero-order valence-corrected chi connectivity index (χ0v) is 7.16. The van der Waals surface area contributed by atoms with Crippen LogP contribution in [-0.2, 0) is 9.59 Å². The van der Waals surface area contributed by atoms with Gasteiger partial charge in [-0.3, -0.25) is 14.9 Å². The maximum atomic E-state index is 10.8. The predicted molar refractivity (Wildman–Crippen MR) is 45.5 cm³/mol. The molecule has 1 atom stereocenters. The molecule has 4 N–H and O–H groups in total. The zero-order valence-electron chi connectivity index (χ0n) is 7.16. The summed E-state index contributed by atoms with van der Waals surface area (Å²) in [5.74, 6) is -1.32. The number of carbonyl (C=O) groups is 3. The summed E-state index contributed by atoms with van der Waals surface area (Å²) < 4.78 is 0. The second kappa shape index (κ2) is 4.91. The van der Waals surface area contributed by atoms with Gasteiger partial charge in [0.05, 0.1) is 0 Å². The summed E-state index contributed by atoms with van der Waals surface area (Å²) in [6.07, 6.45) is 0.939. The highest BCUT2D eigenvalue weighted by Gasteiger charge is 2.12. The van der Waals surface area contributed by atoms with E-state index in [1.807, 2.05) is 5.32 Å². The highest BCUT2D eigenvalue weighted by molar-refractivity contribution is 6.00. The average Bonchev–Trinajstić information content (AvgIpc) is 2.03. The van der Waals surface area contributed by atoms with Gasteiger partial charge in [-0.05, 0) is 13.0 Å². The summed E-state index contributed by atoms with van der Waals surface area (Å²) in [6.45, 7) is 4.55. The Morgan fingerprint density at radius 2 is 2.00 bits per heavy atom. The Hall–Kier alpha value is -1.85. The molecule has 0 aliphatic carbocycles. The normalized spacial score (nSPS) is 11.2. The first-order valence-corrected chi connectivity index (χ1v) is 3.50. The minimum Gasteiger partial charge on any atom is -0.368 e. The molecule has 0 aliphatic heterocycles. The molecule has 4 amide bonds. The van der Waals surface area contributed by atoms with Crippen molar-refractivity contribution < 1.29 is 14.4 Å². The van der Waals surface area contributed by atoms with Crippen LogP contribution in [0, 0.1) is 0 Å². The number of nitrogens with two attached hydrogens (primary N) is 1. The minimum absolute atomic E-state index is 0.644. The SMILES string of the molecule is C=CC(=O)NC(=O)N[C@@H](C)C(N)=O. The van der Waals surface area contributed by atoms with E-state index in [-0.39, 0.29) is 0 Å². The van der Waals surface area contributed by atoms with Gasteiger partial charge < -0.3 is 11.1 Å². The van der Waals surface area contributed by atoms with Crippen molar-refractivity contribution in [2.24, 2.45) is 5.73 Å². The van der Waals surface area contributed by atoms with E-state index in [1.165, 1.54) is 6.92 Å². The lowest BCUT2D eigenvalue weighted by molar-refractivity contribution is -0.119. The van der Waals surface area contributed by atoms with Gasteiger partial charge in [0.1, 0.15) is 6.04 Å². The molecule has 0 fully saturated rings. The molecule has 0 radical (unpaired) electrons. The highest BCUT2D eigenvalue weighted by atomic mass is 16.2. The van der Waals surface area contributed by atoms with Crippen LogP contribution in [0.25, 0.3) is 0 Å². The summed E-state index contributed by atoms with van der Waals surface area (Å²) in [5, 5.41) is 4.05. The van der Waals surface area contributed by atoms with Crippen LogP contribution >= 0.6 is 0 Å². The topological polar surface area (TPSA) is 101 Å². The van der Waals surface area contributed by atoms with Crippen molar-refractivity contribution in [3.05, 3.63) is 12.7 Å². The number of amides is 4. The number of hydrogen-bond donors (Lipinski definition) is 3. The Morgan fingerprint density at radius 3 is 2.38 bits per heavy atom. The van der Waals surface area contributed by atoms with Crippen LogP contribution in [0.15, 0.2) is 12.7 Å². The Labute approximate surface area is 75.2 Å². The van der Waals surface area contributed by atoms with Gasteiger partial charge in [-0.1, -0.05) is 6.58 Å². The number of primary amides is 1. The maximum absolute atomic E-state index is 10.8. The predicted octanol–water partition coefficient (Wildman–Crippen LogP) is -1.13. The van der Waals surface area contributed by atoms with E-state index in [9.17, 15) is 14.4 Å². The van der Waals surface area contributed by atoms with E-state index in [1.54, 1.807) is 0 Å². The van der Waals surface area contributed by atoms with Crippen LogP contribution in [0.1, 0.15) is 6.92 Å². The Balaban J connectivity index is 3.94. The molecule has 72 valence electrons. The van der Waals surface area contributed by atoms with Crippen molar-refractivity contribution in [1.82, 2.24) is 10.6 Å². The summed E-state index contributed by atoms with van der Waals surface area (Å²) in [6, 6.07) is -1.60. The summed E-state index contributed by atoms with van der Waals surface area (Å²) in [7, 11) is 0. The monoisotopic (exact) mass is 185 g/mol. The fraction of sp³-hybridized carbons (Fsp3) is 0.286. The number of hydrogen-bond acceptors (Lipinski definition) is 3. The first kappa shape index (κ1) is 11.2. The Bertz CT molecular complexity index is 249. The zero-order chi connectivity index (χ0) is 10.4. The molecule has 0 saturated heterocycles. The Kier molecular flexibility index (Phi) is 4.21. The molecule has 0 saturated carbocycles. The van der Waals surface area contributed by atoms with Crippen LogP contribution in [0.2, 0.25) is 0 Å². The number of rotatable bonds is 3. The van der Waals surface area contributed by atoms with E-state index >= 15 is 0 Å². The van der Waals surface area contributed by atoms with Crippen molar-refractivity contribution in [1.29, 1.82) is 0 Å². The van der Waals surface area contributed by atoms with E-state index in [2.05, 4.69) is 11.9 Å². The minimum atomic E-state index is -0.822. The second-order valence-corrected chi connectivity index (χ2v) is 2.29. The van der Waals surface area contributed by atoms with Gasteiger partial charge in [0.15, 0.2) is 0 Å². The molecule has 0 rings (SSSR count). The molecule has 0 aromatic heterocycles. The maximum Gasteiger partial charge on any atom is 0.322 e. The van der Waals surface area contributed by atoms with E-state index in [4.69, 9.17) is 5.73 Å². The van der Waals surface area contributed by atoms with Crippen molar-refractivity contribution in [3.8, 4) is 0 Å². The van der Waals surface area contributed by atoms with Gasteiger partial charge in [0, 0.05) is 0 Å². The van der Waals surface area contributed by atoms with Crippen LogP contribution in [0.5, 0.6) is 0 Å². The fourth-order valence-corrected chi connectivity index (χ4v) is 0.467. The molecule has 0 aliphatic rings. The summed E-state index contributed by atoms with van der Waals surface area (Å²) in [4.78, 5) is 31.9. The molecule has 0 spiro atoms. The third-order valence-corrected chi connectivity index (χ3v) is 1.20. The van der Waals surface area contributed by atoms with Crippen molar-refractivity contribution in [2.45, 2.75) is 13.0 Å². The largest absolute Gasteiger partial charge is 0.368 e. The molecular formula is C7H11N3O3. The third kappa shape index (κ3) is 4.57. The van der Waals surface area contributed by atoms with Crippen molar-refractivity contribution in [2.75, 3.05) is 0 Å². The molecule has 0 aromatic carbocycles. The lowest BCUT2D eigenvalue weighted by Gasteiger charge is -2.09. The third-order valence-electron chi connectivity index (χ3n) is 1.20. The van der Waals surface area contributed by atoms with Gasteiger partial charge in [-0.2, -0.15) is 0 Å². The number of carbonyl (C=O) groups excluding carboxylic acids is 3. The molecule has 0 heterocycles. The lowest BCUT2D eigenvalue weighted by atomic mass is 10.3. The van der Waals surface area contributed by atoms with Gasteiger partial charge in [0.2, 0.25) is 5.91 Å². The molecule has 13 heavy (non-hydrogen) atoms. The highest BCUT2D eigenvalue weighted by Crippen LogP contribution is 1.78. The molecule has 0 aromatic rings. The first-order chi connectivity index (χ1) is 5.97. The lowest BCUT2D eigenvalue weighted by Crippen LogP contribution is -2.48. The van der Waals surface area contributed by atoms with Gasteiger partial charge in [-0.15, -0.1) is 0 Å². The summed E-state index contributed by atoms with van der Waals surface area (Å²) in [5.41, 5.74) is 4.86. The second-order valence-electron chi connectivity index (χ2n) is 2.29. The quantitative estimate of drug-likeness (QED) is 0.485. The molecule has 6 nitrogen and oxygen atoms in total. The van der Waals surface area contributed by atoms with Crippen LogP contribution < -0.4 is 16.4 Å². The number of nitrogens with one attached hydrogen (secondary N) is 2. The smallest absolute Gasteiger partial charge is 0.322 e. The van der Waals surface area contributed by atoms with Gasteiger partial charge in [-0.25, -0.2) is 4.79 Å². The van der Waals surface area contributed by atoms with E-state index < -0.39 is 23.9 Å². The molecular weight excluding hydrogens is 174 g/mol. The first-order valence-electron chi connectivity index (χ1n) is 3.50. The van der Waals surface area contributed by atoms with E-state index in [0.717, 1.165) is 6.08 Å². The standard InChI is InChI=1S/C7H11N3O3/c1-3-5(11)10-7(13)9-4(2)6(8)12/h3-4H,1H2,2H3,(H2,8,12)(H2,9,10,11,13)/t4-/m0/s1.